The van der Waals surface area contributed by atoms with E-state index in [1.54, 1.807) is 24.3 Å². The molecule has 7 heteroatoms. The van der Waals surface area contributed by atoms with E-state index < -0.39 is 23.5 Å². The Bertz CT molecular complexity index is 720. The Morgan fingerprint density at radius 1 is 1.16 bits per heavy atom. The number of carbonyl (C=O) groups excluding carboxylic acids is 1. The highest BCUT2D eigenvalue weighted by Gasteiger charge is 2.46. The van der Waals surface area contributed by atoms with Crippen LogP contribution in [-0.2, 0) is 4.79 Å². The van der Waals surface area contributed by atoms with Gasteiger partial charge in [-0.25, -0.2) is 8.78 Å². The van der Waals surface area contributed by atoms with Crippen LogP contribution in [0, 0.1) is 17.6 Å². The van der Waals surface area contributed by atoms with Gasteiger partial charge in [0.1, 0.15) is 24.0 Å². The molecule has 1 amide bonds. The monoisotopic (exact) mass is 368 g/mol. The number of nitrogens with one attached hydrogen (secondary N) is 1. The third-order valence-electron chi connectivity index (χ3n) is 4.01. The van der Waals surface area contributed by atoms with Gasteiger partial charge in [-0.2, -0.15) is 0 Å². The van der Waals surface area contributed by atoms with E-state index in [-0.39, 0.29) is 23.9 Å². The van der Waals surface area contributed by atoms with Crippen molar-refractivity contribution >= 4 is 24.0 Å². The van der Waals surface area contributed by atoms with Gasteiger partial charge >= 0.3 is 0 Å². The fraction of sp³-hybridized carbons (Fsp3) is 0.278. The number of ether oxygens (including phenoxy) is 1. The average Bonchev–Trinajstić information content (AvgIpc) is 3.34. The molecule has 0 aliphatic heterocycles. The summed E-state index contributed by atoms with van der Waals surface area (Å²) in [6, 6.07) is 10.6. The van der Waals surface area contributed by atoms with Crippen LogP contribution in [0.3, 0.4) is 0 Å². The second kappa shape index (κ2) is 8.27. The van der Waals surface area contributed by atoms with Gasteiger partial charge in [-0.3, -0.25) is 4.79 Å². The van der Waals surface area contributed by atoms with Crippen LogP contribution < -0.4 is 15.8 Å². The summed E-state index contributed by atoms with van der Waals surface area (Å²) in [5, 5.41) is 2.76. The molecule has 0 heterocycles. The topological polar surface area (TPSA) is 64.3 Å². The molecule has 0 saturated heterocycles. The van der Waals surface area contributed by atoms with Gasteiger partial charge in [0.05, 0.1) is 0 Å². The molecule has 1 saturated carbocycles. The Morgan fingerprint density at radius 2 is 1.80 bits per heavy atom. The molecule has 0 radical (unpaired) electrons. The number of nitrogens with two attached hydrogens (primary N) is 1. The van der Waals surface area contributed by atoms with Gasteiger partial charge < -0.3 is 15.8 Å². The molecule has 1 fully saturated rings. The first-order valence-corrected chi connectivity index (χ1v) is 7.78. The van der Waals surface area contributed by atoms with Crippen LogP contribution in [0.5, 0.6) is 5.75 Å². The van der Waals surface area contributed by atoms with Crippen molar-refractivity contribution in [2.75, 3.05) is 18.5 Å². The number of hydrogen-bond acceptors (Lipinski definition) is 3. The van der Waals surface area contributed by atoms with Crippen LogP contribution in [0.1, 0.15) is 17.9 Å². The van der Waals surface area contributed by atoms with Crippen LogP contribution >= 0.6 is 12.4 Å². The van der Waals surface area contributed by atoms with E-state index in [2.05, 4.69) is 5.32 Å². The Hall–Kier alpha value is -2.18. The van der Waals surface area contributed by atoms with E-state index >= 15 is 0 Å². The van der Waals surface area contributed by atoms with Crippen molar-refractivity contribution in [1.82, 2.24) is 0 Å². The first kappa shape index (κ1) is 19.1. The number of anilines is 1. The van der Waals surface area contributed by atoms with Crippen molar-refractivity contribution in [2.45, 2.75) is 12.3 Å². The largest absolute Gasteiger partial charge is 0.492 e. The summed E-state index contributed by atoms with van der Waals surface area (Å²) in [4.78, 5) is 12.2. The van der Waals surface area contributed by atoms with Crippen molar-refractivity contribution in [3.8, 4) is 5.75 Å². The Morgan fingerprint density at radius 3 is 2.40 bits per heavy atom. The summed E-state index contributed by atoms with van der Waals surface area (Å²) >= 11 is 0. The van der Waals surface area contributed by atoms with Crippen molar-refractivity contribution in [3.63, 3.8) is 0 Å². The summed E-state index contributed by atoms with van der Waals surface area (Å²) in [5.41, 5.74) is 5.97. The highest BCUT2D eigenvalue weighted by Crippen LogP contribution is 2.49. The van der Waals surface area contributed by atoms with E-state index in [4.69, 9.17) is 10.5 Å². The molecule has 2 aromatic carbocycles. The van der Waals surface area contributed by atoms with E-state index in [1.807, 2.05) is 0 Å². The molecule has 0 bridgehead atoms. The van der Waals surface area contributed by atoms with Gasteiger partial charge in [0.15, 0.2) is 0 Å². The molecule has 2 unspecified atom stereocenters. The lowest BCUT2D eigenvalue weighted by molar-refractivity contribution is -0.117. The van der Waals surface area contributed by atoms with Crippen molar-refractivity contribution in [1.29, 1.82) is 0 Å². The van der Waals surface area contributed by atoms with E-state index in [1.165, 1.54) is 18.2 Å². The standard InChI is InChI=1S/C18H18F2N2O2.ClH/c19-15-2-1-3-16(20)17(15)13-10-14(13)18(23)22-11-4-6-12(7-5-11)24-9-8-21;/h1-7,13-14H,8-10,21H2,(H,22,23);1H. The second-order valence-electron chi connectivity index (χ2n) is 5.73. The fourth-order valence-electron chi connectivity index (χ4n) is 2.71. The lowest BCUT2D eigenvalue weighted by atomic mass is 10.1. The lowest BCUT2D eigenvalue weighted by Gasteiger charge is -2.08. The molecular weight excluding hydrogens is 350 g/mol. The third kappa shape index (κ3) is 4.46. The number of rotatable bonds is 6. The normalized spacial score (nSPS) is 18.2. The molecule has 2 atom stereocenters. The SMILES string of the molecule is Cl.NCCOc1ccc(NC(=O)C2CC2c2c(F)cccc2F)cc1. The molecule has 0 spiro atoms. The molecule has 25 heavy (non-hydrogen) atoms. The van der Waals surface area contributed by atoms with Gasteiger partial charge in [-0.05, 0) is 42.8 Å². The fourth-order valence-corrected chi connectivity index (χ4v) is 2.71. The highest BCUT2D eigenvalue weighted by molar-refractivity contribution is 5.95. The second-order valence-corrected chi connectivity index (χ2v) is 5.73. The number of benzene rings is 2. The minimum atomic E-state index is -0.600. The Labute approximate surface area is 150 Å². The van der Waals surface area contributed by atoms with Crippen molar-refractivity contribution < 1.29 is 18.3 Å². The molecule has 4 nitrogen and oxygen atoms in total. The summed E-state index contributed by atoms with van der Waals surface area (Å²) < 4.78 is 32.9. The van der Waals surface area contributed by atoms with E-state index in [0.29, 0.717) is 31.0 Å². The summed E-state index contributed by atoms with van der Waals surface area (Å²) in [7, 11) is 0. The van der Waals surface area contributed by atoms with Gasteiger partial charge in [0, 0.05) is 29.6 Å². The predicted octanol–water partition coefficient (Wildman–Crippen LogP) is 3.47. The van der Waals surface area contributed by atoms with Crippen LogP contribution in [0.2, 0.25) is 0 Å². The number of carbonyl (C=O) groups is 1. The quantitative estimate of drug-likeness (QED) is 0.820. The number of amides is 1. The summed E-state index contributed by atoms with van der Waals surface area (Å²) in [5.74, 6) is -1.59. The lowest BCUT2D eigenvalue weighted by Crippen LogP contribution is -2.15. The average molecular weight is 369 g/mol. The predicted molar refractivity (Wildman–Crippen MR) is 94.1 cm³/mol. The van der Waals surface area contributed by atoms with Gasteiger partial charge in [-0.1, -0.05) is 6.07 Å². The zero-order valence-electron chi connectivity index (χ0n) is 13.4. The summed E-state index contributed by atoms with van der Waals surface area (Å²) in [6.07, 6.45) is 0.446. The van der Waals surface area contributed by atoms with Gasteiger partial charge in [0.25, 0.3) is 0 Å². The number of hydrogen-bond donors (Lipinski definition) is 2. The molecule has 2 aromatic rings. The molecule has 3 N–H and O–H groups in total. The molecular formula is C18H19ClF2N2O2. The minimum Gasteiger partial charge on any atom is -0.492 e. The maximum atomic E-state index is 13.8. The van der Waals surface area contributed by atoms with Crippen LogP contribution in [0.4, 0.5) is 14.5 Å². The van der Waals surface area contributed by atoms with Crippen molar-refractivity contribution in [3.05, 3.63) is 59.7 Å². The van der Waals surface area contributed by atoms with Gasteiger partial charge in [0.2, 0.25) is 5.91 Å². The van der Waals surface area contributed by atoms with E-state index in [0.717, 1.165) is 0 Å². The molecule has 0 aromatic heterocycles. The zero-order valence-corrected chi connectivity index (χ0v) is 14.2. The maximum Gasteiger partial charge on any atom is 0.228 e. The zero-order chi connectivity index (χ0) is 17.1. The van der Waals surface area contributed by atoms with E-state index in [9.17, 15) is 13.6 Å². The molecule has 134 valence electrons. The summed E-state index contributed by atoms with van der Waals surface area (Å²) in [6.45, 7) is 0.845. The minimum absolute atomic E-state index is 0. The van der Waals surface area contributed by atoms with Crippen LogP contribution in [0.25, 0.3) is 0 Å². The van der Waals surface area contributed by atoms with Crippen LogP contribution in [0.15, 0.2) is 42.5 Å². The molecule has 1 aliphatic rings. The smallest absolute Gasteiger partial charge is 0.228 e. The first-order chi connectivity index (χ1) is 11.6. The first-order valence-electron chi connectivity index (χ1n) is 7.78. The number of halogens is 3. The Balaban J connectivity index is 0.00000225. The third-order valence-corrected chi connectivity index (χ3v) is 4.01. The maximum absolute atomic E-state index is 13.8. The molecule has 3 rings (SSSR count). The molecule has 1 aliphatic carbocycles. The van der Waals surface area contributed by atoms with Crippen LogP contribution in [-0.4, -0.2) is 19.1 Å². The highest BCUT2D eigenvalue weighted by atomic mass is 35.5. The van der Waals surface area contributed by atoms with Gasteiger partial charge in [-0.15, -0.1) is 12.4 Å². The Kier molecular flexibility index (Phi) is 6.33. The van der Waals surface area contributed by atoms with Crippen molar-refractivity contribution in [2.24, 2.45) is 11.7 Å².